The second-order valence-electron chi connectivity index (χ2n) is 5.29. The van der Waals surface area contributed by atoms with Gasteiger partial charge in [0, 0.05) is 10.4 Å². The van der Waals surface area contributed by atoms with Crippen molar-refractivity contribution in [2.45, 2.75) is 58.9 Å². The number of nitrogens with two attached hydrogens (primary N) is 1. The average molecular weight is 307 g/mol. The normalized spacial score (nSPS) is 11.9. The van der Waals surface area contributed by atoms with Crippen LogP contribution in [0.1, 0.15) is 51.8 Å². The molecule has 0 fully saturated rings. The summed E-state index contributed by atoms with van der Waals surface area (Å²) in [5.41, 5.74) is 2.64. The molecule has 0 saturated heterocycles. The zero-order valence-electron chi connectivity index (χ0n) is 13.3. The van der Waals surface area contributed by atoms with E-state index in [1.54, 1.807) is 11.3 Å². The van der Waals surface area contributed by atoms with E-state index in [0.717, 1.165) is 41.7 Å². The number of thiophene rings is 1. The molecule has 6 heteroatoms. The van der Waals surface area contributed by atoms with E-state index in [9.17, 15) is 0 Å². The van der Waals surface area contributed by atoms with Crippen molar-refractivity contribution < 1.29 is 0 Å². The first kappa shape index (κ1) is 16.0. The van der Waals surface area contributed by atoms with Crippen molar-refractivity contribution in [2.24, 2.45) is 5.84 Å². The van der Waals surface area contributed by atoms with Crippen LogP contribution in [0, 0.1) is 0 Å². The minimum Gasteiger partial charge on any atom is -0.364 e. The van der Waals surface area contributed by atoms with Gasteiger partial charge in [-0.25, -0.2) is 10.8 Å². The zero-order valence-corrected chi connectivity index (χ0v) is 14.1. The number of fused-ring (bicyclic) bond motifs is 1. The number of aromatic nitrogens is 2. The molecule has 0 unspecified atom stereocenters. The van der Waals surface area contributed by atoms with Gasteiger partial charge in [0.25, 0.3) is 0 Å². The quantitative estimate of drug-likeness (QED) is 0.534. The third-order valence-electron chi connectivity index (χ3n) is 4.34. The Hall–Kier alpha value is -1.40. The predicted molar refractivity (Wildman–Crippen MR) is 91.8 cm³/mol. The lowest BCUT2D eigenvalue weighted by molar-refractivity contribution is 0.419. The van der Waals surface area contributed by atoms with Gasteiger partial charge in [-0.2, -0.15) is 4.98 Å². The fourth-order valence-electron chi connectivity index (χ4n) is 2.57. The molecule has 0 bridgehead atoms. The Morgan fingerprint density at radius 2 is 1.81 bits per heavy atom. The van der Waals surface area contributed by atoms with E-state index >= 15 is 0 Å². The standard InChI is InChI=1S/C15H25N5S/c1-5-10-9-11-12(19-15(6-2,7-3)8-4)17-14(20-16)18-13(11)21-10/h9H,5-8,16H2,1-4H3,(H2,17,18,19,20). The Balaban J connectivity index is 2.52. The highest BCUT2D eigenvalue weighted by molar-refractivity contribution is 7.18. The molecule has 0 spiro atoms. The van der Waals surface area contributed by atoms with Gasteiger partial charge in [0.1, 0.15) is 10.6 Å². The van der Waals surface area contributed by atoms with Crippen molar-refractivity contribution in [2.75, 3.05) is 10.7 Å². The van der Waals surface area contributed by atoms with E-state index in [-0.39, 0.29) is 5.54 Å². The van der Waals surface area contributed by atoms with E-state index in [2.05, 4.69) is 54.5 Å². The Bertz CT molecular complexity index is 595. The summed E-state index contributed by atoms with van der Waals surface area (Å²) in [6.07, 6.45) is 4.18. The topological polar surface area (TPSA) is 75.9 Å². The minimum absolute atomic E-state index is 0.0709. The molecule has 0 radical (unpaired) electrons. The van der Waals surface area contributed by atoms with Crippen LogP contribution < -0.4 is 16.6 Å². The van der Waals surface area contributed by atoms with Gasteiger partial charge in [0.15, 0.2) is 0 Å². The summed E-state index contributed by atoms with van der Waals surface area (Å²) in [4.78, 5) is 11.3. The molecule has 0 aliphatic carbocycles. The average Bonchev–Trinajstić information content (AvgIpc) is 2.95. The maximum Gasteiger partial charge on any atom is 0.240 e. The van der Waals surface area contributed by atoms with Gasteiger partial charge in [0.2, 0.25) is 5.95 Å². The first-order chi connectivity index (χ1) is 10.1. The predicted octanol–water partition coefficient (Wildman–Crippen LogP) is 3.92. The summed E-state index contributed by atoms with van der Waals surface area (Å²) in [5, 5.41) is 4.75. The second kappa shape index (κ2) is 6.58. The monoisotopic (exact) mass is 307 g/mol. The van der Waals surface area contributed by atoms with Crippen molar-refractivity contribution in [1.29, 1.82) is 0 Å². The molecule has 0 aliphatic heterocycles. The Kier molecular flexibility index (Phi) is 5.00. The molecule has 0 aliphatic rings. The van der Waals surface area contributed by atoms with Gasteiger partial charge in [0.05, 0.1) is 5.39 Å². The van der Waals surface area contributed by atoms with Crippen molar-refractivity contribution in [3.8, 4) is 0 Å². The van der Waals surface area contributed by atoms with Gasteiger partial charge < -0.3 is 5.32 Å². The van der Waals surface area contributed by atoms with Crippen LogP contribution in [0.2, 0.25) is 0 Å². The molecule has 21 heavy (non-hydrogen) atoms. The molecule has 0 amide bonds. The summed E-state index contributed by atoms with van der Waals surface area (Å²) in [6.45, 7) is 8.80. The number of aryl methyl sites for hydroxylation is 1. The molecular formula is C15H25N5S. The molecular weight excluding hydrogens is 282 g/mol. The fraction of sp³-hybridized carbons (Fsp3) is 0.600. The lowest BCUT2D eigenvalue weighted by Crippen LogP contribution is -2.36. The van der Waals surface area contributed by atoms with Crippen LogP contribution >= 0.6 is 11.3 Å². The van der Waals surface area contributed by atoms with Gasteiger partial charge in [-0.15, -0.1) is 11.3 Å². The van der Waals surface area contributed by atoms with E-state index in [4.69, 9.17) is 5.84 Å². The third-order valence-corrected chi connectivity index (χ3v) is 5.51. The number of rotatable bonds is 7. The smallest absolute Gasteiger partial charge is 0.240 e. The molecule has 116 valence electrons. The summed E-state index contributed by atoms with van der Waals surface area (Å²) in [5.74, 6) is 6.86. The highest BCUT2D eigenvalue weighted by atomic mass is 32.1. The van der Waals surface area contributed by atoms with Crippen LogP contribution in [0.3, 0.4) is 0 Å². The lowest BCUT2D eigenvalue weighted by Gasteiger charge is -2.32. The maximum absolute atomic E-state index is 5.51. The molecule has 0 saturated carbocycles. The molecule has 2 aromatic rings. The lowest BCUT2D eigenvalue weighted by atomic mass is 9.90. The Morgan fingerprint density at radius 1 is 1.14 bits per heavy atom. The number of hydrogen-bond donors (Lipinski definition) is 3. The molecule has 0 atom stereocenters. The number of nitrogen functional groups attached to an aromatic ring is 1. The van der Waals surface area contributed by atoms with Crippen molar-refractivity contribution >= 4 is 33.3 Å². The van der Waals surface area contributed by atoms with E-state index < -0.39 is 0 Å². The largest absolute Gasteiger partial charge is 0.364 e. The third kappa shape index (κ3) is 3.11. The van der Waals surface area contributed by atoms with Gasteiger partial charge in [-0.1, -0.05) is 27.7 Å². The van der Waals surface area contributed by atoms with Crippen LogP contribution in [-0.4, -0.2) is 15.5 Å². The molecule has 2 heterocycles. The highest BCUT2D eigenvalue weighted by Gasteiger charge is 2.25. The summed E-state index contributed by atoms with van der Waals surface area (Å²) < 4.78 is 0. The Labute approximate surface area is 130 Å². The van der Waals surface area contributed by atoms with Crippen LogP contribution in [0.25, 0.3) is 10.2 Å². The highest BCUT2D eigenvalue weighted by Crippen LogP contribution is 2.33. The molecule has 0 aromatic carbocycles. The number of hydrogen-bond acceptors (Lipinski definition) is 6. The number of anilines is 2. The van der Waals surface area contributed by atoms with E-state index in [1.165, 1.54) is 4.88 Å². The molecule has 2 aromatic heterocycles. The number of nitrogens with one attached hydrogen (secondary N) is 2. The molecule has 2 rings (SSSR count). The first-order valence-corrected chi connectivity index (χ1v) is 8.48. The zero-order chi connectivity index (χ0) is 15.5. The summed E-state index contributed by atoms with van der Waals surface area (Å²) in [7, 11) is 0. The van der Waals surface area contributed by atoms with E-state index in [1.807, 2.05) is 0 Å². The van der Waals surface area contributed by atoms with E-state index in [0.29, 0.717) is 5.95 Å². The van der Waals surface area contributed by atoms with Crippen molar-refractivity contribution in [3.63, 3.8) is 0 Å². The van der Waals surface area contributed by atoms with Crippen LogP contribution in [0.15, 0.2) is 6.07 Å². The first-order valence-electron chi connectivity index (χ1n) is 7.66. The number of nitrogens with zero attached hydrogens (tertiary/aromatic N) is 2. The molecule has 5 nitrogen and oxygen atoms in total. The van der Waals surface area contributed by atoms with Crippen molar-refractivity contribution in [3.05, 3.63) is 10.9 Å². The Morgan fingerprint density at radius 3 is 2.33 bits per heavy atom. The van der Waals surface area contributed by atoms with Crippen LogP contribution in [0.5, 0.6) is 0 Å². The van der Waals surface area contributed by atoms with Crippen LogP contribution in [0.4, 0.5) is 11.8 Å². The summed E-state index contributed by atoms with van der Waals surface area (Å²) in [6, 6.07) is 2.19. The number of hydrazine groups is 1. The SMILES string of the molecule is CCc1cc2c(NC(CC)(CC)CC)nc(NN)nc2s1. The molecule has 4 N–H and O–H groups in total. The minimum atomic E-state index is 0.0709. The van der Waals surface area contributed by atoms with Gasteiger partial charge >= 0.3 is 0 Å². The second-order valence-corrected chi connectivity index (χ2v) is 6.41. The maximum atomic E-state index is 5.51. The fourth-order valence-corrected chi connectivity index (χ4v) is 3.54. The van der Waals surface area contributed by atoms with Gasteiger partial charge in [-0.05, 0) is 31.7 Å². The van der Waals surface area contributed by atoms with Crippen molar-refractivity contribution in [1.82, 2.24) is 9.97 Å². The summed E-state index contributed by atoms with van der Waals surface area (Å²) >= 11 is 1.70. The van der Waals surface area contributed by atoms with Gasteiger partial charge in [-0.3, -0.25) is 5.43 Å². The van der Waals surface area contributed by atoms with Crippen LogP contribution in [-0.2, 0) is 6.42 Å².